The largest absolute Gasteiger partial charge is 0.339 e. The van der Waals surface area contributed by atoms with Crippen LogP contribution in [0.3, 0.4) is 0 Å². The molecule has 1 aromatic heterocycles. The van der Waals surface area contributed by atoms with Crippen molar-refractivity contribution in [2.24, 2.45) is 7.05 Å². The summed E-state index contributed by atoms with van der Waals surface area (Å²) in [6, 6.07) is 12.6. The average molecular weight is 337 g/mol. The van der Waals surface area contributed by atoms with Crippen LogP contribution >= 0.6 is 0 Å². The van der Waals surface area contributed by atoms with Gasteiger partial charge in [-0.05, 0) is 37.3 Å². The van der Waals surface area contributed by atoms with Gasteiger partial charge in [-0.2, -0.15) is 5.10 Å². The maximum absolute atomic E-state index is 13.0. The lowest BCUT2D eigenvalue weighted by Gasteiger charge is -2.24. The quantitative estimate of drug-likeness (QED) is 0.830. The van der Waals surface area contributed by atoms with E-state index >= 15 is 0 Å². The Bertz CT molecular complexity index is 755. The highest BCUT2D eigenvalue weighted by Crippen LogP contribution is 2.48. The van der Waals surface area contributed by atoms with Crippen LogP contribution in [0.25, 0.3) is 0 Å². The van der Waals surface area contributed by atoms with Gasteiger partial charge in [0.1, 0.15) is 5.69 Å². The molecule has 4 heteroatoms. The fourth-order valence-corrected chi connectivity index (χ4v) is 4.31. The van der Waals surface area contributed by atoms with Gasteiger partial charge in [-0.1, -0.05) is 43.2 Å². The molecule has 0 spiro atoms. The molecule has 0 saturated heterocycles. The molecule has 25 heavy (non-hydrogen) atoms. The summed E-state index contributed by atoms with van der Waals surface area (Å²) < 4.78 is 1.77. The Morgan fingerprint density at radius 3 is 2.56 bits per heavy atom. The van der Waals surface area contributed by atoms with E-state index < -0.39 is 0 Å². The fraction of sp³-hybridized carbons (Fsp3) is 0.524. The van der Waals surface area contributed by atoms with Crippen molar-refractivity contribution in [1.82, 2.24) is 14.7 Å². The van der Waals surface area contributed by atoms with Gasteiger partial charge in [0.05, 0.1) is 5.69 Å². The van der Waals surface area contributed by atoms with Gasteiger partial charge in [-0.25, -0.2) is 0 Å². The number of hydrogen-bond donors (Lipinski definition) is 0. The van der Waals surface area contributed by atoms with Crippen molar-refractivity contribution in [2.75, 3.05) is 13.6 Å². The predicted molar refractivity (Wildman–Crippen MR) is 98.7 cm³/mol. The van der Waals surface area contributed by atoms with Crippen LogP contribution in [0.5, 0.6) is 0 Å². The molecule has 2 aliphatic carbocycles. The molecule has 2 fully saturated rings. The lowest BCUT2D eigenvalue weighted by atomic mass is 9.95. The number of likely N-dealkylation sites (N-methyl/N-ethyl adjacent to an activating group) is 1. The molecular formula is C21H27N3O. The van der Waals surface area contributed by atoms with Gasteiger partial charge in [0.2, 0.25) is 0 Å². The third kappa shape index (κ3) is 3.10. The number of hydrogen-bond acceptors (Lipinski definition) is 2. The van der Waals surface area contributed by atoms with Gasteiger partial charge in [0.25, 0.3) is 5.91 Å². The number of benzene rings is 1. The summed E-state index contributed by atoms with van der Waals surface area (Å²) in [5.74, 6) is 0.624. The Kier molecular flexibility index (Phi) is 4.14. The highest BCUT2D eigenvalue weighted by molar-refractivity contribution is 5.92. The van der Waals surface area contributed by atoms with E-state index in [1.165, 1.54) is 31.2 Å². The molecule has 0 bridgehead atoms. The molecule has 132 valence electrons. The van der Waals surface area contributed by atoms with Crippen LogP contribution in [0.15, 0.2) is 36.4 Å². The van der Waals surface area contributed by atoms with E-state index in [9.17, 15) is 4.79 Å². The van der Waals surface area contributed by atoms with E-state index in [0.29, 0.717) is 11.6 Å². The first-order chi connectivity index (χ1) is 12.1. The first-order valence-electron chi connectivity index (χ1n) is 9.44. The second kappa shape index (κ2) is 6.32. The average Bonchev–Trinajstić information content (AvgIpc) is 3.05. The molecule has 2 saturated carbocycles. The Labute approximate surface area is 149 Å². The third-order valence-electron chi connectivity index (χ3n) is 6.02. The molecule has 0 radical (unpaired) electrons. The Morgan fingerprint density at radius 2 is 1.92 bits per heavy atom. The highest BCUT2D eigenvalue weighted by Gasteiger charge is 2.45. The first-order valence-corrected chi connectivity index (χ1v) is 9.44. The summed E-state index contributed by atoms with van der Waals surface area (Å²) in [6.07, 6.45) is 7.30. The smallest absolute Gasteiger partial charge is 0.271 e. The van der Waals surface area contributed by atoms with Crippen LogP contribution in [-0.4, -0.2) is 34.2 Å². The molecule has 2 aliphatic rings. The second-order valence-electron chi connectivity index (χ2n) is 7.87. The zero-order chi connectivity index (χ0) is 17.4. The molecule has 1 heterocycles. The SMILES string of the molecule is CN(CC1(c2ccccc2)CC1)C(=O)c1cc(C2CCCC2)nn1C. The van der Waals surface area contributed by atoms with Gasteiger partial charge in [0.15, 0.2) is 0 Å². The molecule has 0 unspecified atom stereocenters. The lowest BCUT2D eigenvalue weighted by molar-refractivity contribution is 0.0770. The van der Waals surface area contributed by atoms with E-state index in [0.717, 1.165) is 25.1 Å². The Balaban J connectivity index is 1.49. The van der Waals surface area contributed by atoms with Crippen molar-refractivity contribution in [2.45, 2.75) is 49.9 Å². The normalized spacial score (nSPS) is 19.1. The maximum Gasteiger partial charge on any atom is 0.271 e. The van der Waals surface area contributed by atoms with Crippen molar-refractivity contribution in [3.63, 3.8) is 0 Å². The molecule has 1 aromatic carbocycles. The van der Waals surface area contributed by atoms with Crippen molar-refractivity contribution in [3.05, 3.63) is 53.3 Å². The van der Waals surface area contributed by atoms with Crippen molar-refractivity contribution in [1.29, 1.82) is 0 Å². The van der Waals surface area contributed by atoms with Crippen LogP contribution in [-0.2, 0) is 12.5 Å². The predicted octanol–water partition coefficient (Wildman–Crippen LogP) is 3.88. The van der Waals surface area contributed by atoms with Crippen molar-refractivity contribution < 1.29 is 4.79 Å². The summed E-state index contributed by atoms with van der Waals surface area (Å²) in [5, 5.41) is 4.64. The number of rotatable bonds is 5. The van der Waals surface area contributed by atoms with Crippen molar-refractivity contribution in [3.8, 4) is 0 Å². The first kappa shape index (κ1) is 16.4. The van der Waals surface area contributed by atoms with Gasteiger partial charge in [-0.15, -0.1) is 0 Å². The molecule has 4 nitrogen and oxygen atoms in total. The van der Waals surface area contributed by atoms with Gasteiger partial charge < -0.3 is 4.90 Å². The molecule has 4 rings (SSSR count). The zero-order valence-corrected chi connectivity index (χ0v) is 15.2. The second-order valence-corrected chi connectivity index (χ2v) is 7.87. The van der Waals surface area contributed by atoms with Crippen LogP contribution < -0.4 is 0 Å². The Hall–Kier alpha value is -2.10. The number of carbonyl (C=O) groups is 1. The summed E-state index contributed by atoms with van der Waals surface area (Å²) in [4.78, 5) is 14.9. The van der Waals surface area contributed by atoms with E-state index in [1.54, 1.807) is 4.68 Å². The van der Waals surface area contributed by atoms with Crippen LogP contribution in [0.4, 0.5) is 0 Å². The molecule has 0 atom stereocenters. The topological polar surface area (TPSA) is 38.1 Å². The highest BCUT2D eigenvalue weighted by atomic mass is 16.2. The Morgan fingerprint density at radius 1 is 1.24 bits per heavy atom. The van der Waals surface area contributed by atoms with Crippen molar-refractivity contribution >= 4 is 5.91 Å². The number of nitrogens with zero attached hydrogens (tertiary/aromatic N) is 3. The van der Waals surface area contributed by atoms with Gasteiger partial charge in [0, 0.05) is 32.0 Å². The summed E-state index contributed by atoms with van der Waals surface area (Å²) >= 11 is 0. The molecular weight excluding hydrogens is 310 g/mol. The monoisotopic (exact) mass is 337 g/mol. The zero-order valence-electron chi connectivity index (χ0n) is 15.2. The molecule has 0 N–H and O–H groups in total. The fourth-order valence-electron chi connectivity index (χ4n) is 4.31. The van der Waals surface area contributed by atoms with E-state index in [4.69, 9.17) is 0 Å². The number of aromatic nitrogens is 2. The molecule has 1 amide bonds. The number of amides is 1. The summed E-state index contributed by atoms with van der Waals surface area (Å²) in [5.41, 5.74) is 3.32. The minimum Gasteiger partial charge on any atom is -0.339 e. The minimum atomic E-state index is 0.0847. The summed E-state index contributed by atoms with van der Waals surface area (Å²) in [6.45, 7) is 0.778. The third-order valence-corrected chi connectivity index (χ3v) is 6.02. The van der Waals surface area contributed by atoms with Crippen LogP contribution in [0.2, 0.25) is 0 Å². The van der Waals surface area contributed by atoms with Gasteiger partial charge in [-0.3, -0.25) is 9.48 Å². The van der Waals surface area contributed by atoms with E-state index in [1.807, 2.05) is 25.1 Å². The van der Waals surface area contributed by atoms with Crippen LogP contribution in [0, 0.1) is 0 Å². The summed E-state index contributed by atoms with van der Waals surface area (Å²) in [7, 11) is 3.82. The number of carbonyl (C=O) groups excluding carboxylic acids is 1. The standard InChI is InChI=1S/C21H27N3O/c1-23(15-21(12-13-21)17-10-4-3-5-11-17)20(25)19-14-18(22-24(19)2)16-8-6-7-9-16/h3-5,10-11,14,16H,6-9,12-13,15H2,1-2H3. The van der Waals surface area contributed by atoms with Crippen LogP contribution in [0.1, 0.15) is 66.2 Å². The minimum absolute atomic E-state index is 0.0847. The lowest BCUT2D eigenvalue weighted by Crippen LogP contribution is -2.35. The van der Waals surface area contributed by atoms with E-state index in [2.05, 4.69) is 35.4 Å². The maximum atomic E-state index is 13.0. The van der Waals surface area contributed by atoms with Gasteiger partial charge >= 0.3 is 0 Å². The number of aryl methyl sites for hydroxylation is 1. The molecule has 2 aromatic rings. The molecule has 0 aliphatic heterocycles. The van der Waals surface area contributed by atoms with E-state index in [-0.39, 0.29) is 11.3 Å².